The first-order valence-corrected chi connectivity index (χ1v) is 19.1. The lowest BCUT2D eigenvalue weighted by Crippen LogP contribution is -2.03. The van der Waals surface area contributed by atoms with Crippen LogP contribution in [-0.2, 0) is 0 Å². The van der Waals surface area contributed by atoms with Crippen molar-refractivity contribution in [3.63, 3.8) is 0 Å². The van der Waals surface area contributed by atoms with Gasteiger partial charge in [-0.1, -0.05) is 158 Å². The molecule has 4 nitrogen and oxygen atoms in total. The molecule has 12 aromatic rings. The number of hydrogen-bond donors (Lipinski definition) is 0. The number of nitrogens with zero attached hydrogens (tertiary/aromatic N) is 4. The Morgan fingerprint density at radius 1 is 0.321 bits per heavy atom. The summed E-state index contributed by atoms with van der Waals surface area (Å²) in [5, 5.41) is 10.1. The summed E-state index contributed by atoms with van der Waals surface area (Å²) in [7, 11) is 0. The molecule has 12 rings (SSSR count). The topological polar surface area (TPSA) is 35.6 Å². The minimum Gasteiger partial charge on any atom is -0.309 e. The second-order valence-corrected chi connectivity index (χ2v) is 14.5. The third-order valence-corrected chi connectivity index (χ3v) is 11.5. The monoisotopic (exact) mass is 712 g/mol. The summed E-state index contributed by atoms with van der Waals surface area (Å²) in [6.45, 7) is 0. The lowest BCUT2D eigenvalue weighted by atomic mass is 9.92. The van der Waals surface area contributed by atoms with Gasteiger partial charge >= 0.3 is 0 Å². The third-order valence-electron chi connectivity index (χ3n) is 11.5. The van der Waals surface area contributed by atoms with Crippen LogP contribution in [-0.4, -0.2) is 19.1 Å². The van der Waals surface area contributed by atoms with Gasteiger partial charge in [-0.05, 0) is 57.6 Å². The van der Waals surface area contributed by atoms with Crippen molar-refractivity contribution in [1.82, 2.24) is 19.1 Å². The summed E-state index contributed by atoms with van der Waals surface area (Å²) in [4.78, 5) is 10.7. The molecule has 260 valence electrons. The molecular weight excluding hydrogens is 681 g/mol. The van der Waals surface area contributed by atoms with Gasteiger partial charge < -0.3 is 4.57 Å². The van der Waals surface area contributed by atoms with Crippen molar-refractivity contribution >= 4 is 65.2 Å². The Kier molecular flexibility index (Phi) is 6.60. The van der Waals surface area contributed by atoms with Crippen molar-refractivity contribution in [3.05, 3.63) is 194 Å². The van der Waals surface area contributed by atoms with Gasteiger partial charge in [-0.25, -0.2) is 9.97 Å². The predicted molar refractivity (Wildman–Crippen MR) is 233 cm³/mol. The molecule has 0 saturated heterocycles. The van der Waals surface area contributed by atoms with Gasteiger partial charge in [0, 0.05) is 49.8 Å². The fraction of sp³-hybridized carbons (Fsp3) is 0. The number of benzene rings is 9. The van der Waals surface area contributed by atoms with Gasteiger partial charge in [0.15, 0.2) is 5.82 Å². The quantitative estimate of drug-likeness (QED) is 0.167. The van der Waals surface area contributed by atoms with E-state index in [-0.39, 0.29) is 0 Å². The molecule has 0 amide bonds. The summed E-state index contributed by atoms with van der Waals surface area (Å²) in [6, 6.07) is 69.3. The van der Waals surface area contributed by atoms with E-state index in [2.05, 4.69) is 197 Å². The highest BCUT2D eigenvalue weighted by atomic mass is 15.1. The molecule has 0 aliphatic carbocycles. The lowest BCUT2D eigenvalue weighted by molar-refractivity contribution is 1.05. The zero-order valence-corrected chi connectivity index (χ0v) is 30.3. The van der Waals surface area contributed by atoms with E-state index in [1.165, 1.54) is 54.1 Å². The number of hydrogen-bond acceptors (Lipinski definition) is 2. The van der Waals surface area contributed by atoms with E-state index in [0.29, 0.717) is 5.82 Å². The molecule has 3 aromatic heterocycles. The number of para-hydroxylation sites is 2. The fourth-order valence-corrected chi connectivity index (χ4v) is 9.17. The first-order chi connectivity index (χ1) is 27.8. The maximum absolute atomic E-state index is 5.43. The zero-order valence-electron chi connectivity index (χ0n) is 30.3. The molecule has 0 aliphatic rings. The smallest absolute Gasteiger partial charge is 0.162 e. The molecule has 4 heteroatoms. The molecule has 56 heavy (non-hydrogen) atoms. The average Bonchev–Trinajstić information content (AvgIpc) is 3.79. The van der Waals surface area contributed by atoms with Crippen LogP contribution in [0.3, 0.4) is 0 Å². The lowest BCUT2D eigenvalue weighted by Gasteiger charge is -2.15. The number of fused-ring (bicyclic) bond motifs is 7. The molecule has 0 N–H and O–H groups in total. The highest BCUT2D eigenvalue weighted by Crippen LogP contribution is 2.49. The van der Waals surface area contributed by atoms with Gasteiger partial charge in [-0.2, -0.15) is 0 Å². The number of aromatic nitrogens is 4. The van der Waals surface area contributed by atoms with E-state index in [0.717, 1.165) is 50.5 Å². The second kappa shape index (κ2) is 12.0. The Balaban J connectivity index is 1.27. The first-order valence-electron chi connectivity index (χ1n) is 19.1. The highest BCUT2D eigenvalue weighted by molar-refractivity contribution is 6.41. The van der Waals surface area contributed by atoms with Crippen LogP contribution in [0, 0.1) is 0 Å². The van der Waals surface area contributed by atoms with Gasteiger partial charge in [0.1, 0.15) is 5.82 Å². The summed E-state index contributed by atoms with van der Waals surface area (Å²) in [6.07, 6.45) is 0. The van der Waals surface area contributed by atoms with Gasteiger partial charge in [-0.3, -0.25) is 4.57 Å². The van der Waals surface area contributed by atoms with Crippen molar-refractivity contribution in [2.75, 3.05) is 0 Å². The minimum atomic E-state index is 0.683. The normalized spacial score (nSPS) is 11.9. The van der Waals surface area contributed by atoms with Gasteiger partial charge in [-0.15, -0.1) is 0 Å². The van der Waals surface area contributed by atoms with Crippen LogP contribution >= 0.6 is 0 Å². The van der Waals surface area contributed by atoms with E-state index >= 15 is 0 Å². The molecule has 0 saturated carbocycles. The Labute approximate surface area is 322 Å². The molecular formula is C52H32N4. The molecule has 0 aliphatic heterocycles. The summed E-state index contributed by atoms with van der Waals surface area (Å²) in [5.74, 6) is 1.50. The average molecular weight is 713 g/mol. The predicted octanol–water partition coefficient (Wildman–Crippen LogP) is 13.4. The summed E-state index contributed by atoms with van der Waals surface area (Å²) in [5.41, 5.74) is 10.9. The molecule has 0 spiro atoms. The third kappa shape index (κ3) is 4.41. The molecule has 0 atom stereocenters. The largest absolute Gasteiger partial charge is 0.309 e. The van der Waals surface area contributed by atoms with Crippen LogP contribution in [0.15, 0.2) is 194 Å². The van der Waals surface area contributed by atoms with Crippen LogP contribution < -0.4 is 0 Å². The Hall–Kier alpha value is -7.56. The summed E-state index contributed by atoms with van der Waals surface area (Å²) < 4.78 is 4.82. The molecule has 0 fully saturated rings. The van der Waals surface area contributed by atoms with Crippen molar-refractivity contribution in [1.29, 1.82) is 0 Å². The Morgan fingerprint density at radius 2 is 0.875 bits per heavy atom. The maximum atomic E-state index is 5.43. The SMILES string of the molecule is c1ccc(-c2nc(-c3ccccc3-c3ccccc3)cc(-n3c4ccccc4c4c5c6ccccc6c6cccc7c6c5c(cc43)n7-c3ccccc3)n2)cc1. The van der Waals surface area contributed by atoms with Gasteiger partial charge in [0.2, 0.25) is 0 Å². The standard InChI is InChI=1S/C52H32N4/c1-4-17-33(18-5-1)36-23-10-12-25-38(36)42-31-47(54-52(53-42)34-19-6-2-7-20-34)56-43-29-15-14-27-41(43)49-45(56)32-46-51-48-39(37-24-11-13-26-40(37)50(49)51)28-16-30-44(48)55(46)35-21-8-3-9-22-35/h1-32H. The minimum absolute atomic E-state index is 0.683. The molecule has 0 radical (unpaired) electrons. The van der Waals surface area contributed by atoms with Crippen molar-refractivity contribution in [2.45, 2.75) is 0 Å². The van der Waals surface area contributed by atoms with Crippen LogP contribution in [0.2, 0.25) is 0 Å². The zero-order chi connectivity index (χ0) is 36.7. The van der Waals surface area contributed by atoms with E-state index in [9.17, 15) is 0 Å². The van der Waals surface area contributed by atoms with Gasteiger partial charge in [0.05, 0.1) is 27.8 Å². The molecule has 3 heterocycles. The van der Waals surface area contributed by atoms with Crippen LogP contribution in [0.1, 0.15) is 0 Å². The summed E-state index contributed by atoms with van der Waals surface area (Å²) >= 11 is 0. The fourth-order valence-electron chi connectivity index (χ4n) is 9.17. The van der Waals surface area contributed by atoms with E-state index < -0.39 is 0 Å². The van der Waals surface area contributed by atoms with Crippen molar-refractivity contribution in [3.8, 4) is 45.3 Å². The van der Waals surface area contributed by atoms with Gasteiger partial charge in [0.25, 0.3) is 0 Å². The second-order valence-electron chi connectivity index (χ2n) is 14.5. The van der Waals surface area contributed by atoms with E-state index in [1.807, 2.05) is 6.07 Å². The molecule has 0 unspecified atom stereocenters. The van der Waals surface area contributed by atoms with E-state index in [1.54, 1.807) is 0 Å². The number of rotatable bonds is 5. The highest BCUT2D eigenvalue weighted by Gasteiger charge is 2.26. The Morgan fingerprint density at radius 3 is 1.66 bits per heavy atom. The Bertz CT molecular complexity index is 3450. The van der Waals surface area contributed by atoms with E-state index in [4.69, 9.17) is 9.97 Å². The van der Waals surface area contributed by atoms with Crippen LogP contribution in [0.4, 0.5) is 0 Å². The van der Waals surface area contributed by atoms with Crippen LogP contribution in [0.25, 0.3) is 110 Å². The maximum Gasteiger partial charge on any atom is 0.162 e. The van der Waals surface area contributed by atoms with Crippen molar-refractivity contribution < 1.29 is 0 Å². The molecule has 9 aromatic carbocycles. The molecule has 0 bridgehead atoms. The first kappa shape index (κ1) is 30.9. The van der Waals surface area contributed by atoms with Crippen molar-refractivity contribution in [2.24, 2.45) is 0 Å². The van der Waals surface area contributed by atoms with Crippen LogP contribution in [0.5, 0.6) is 0 Å².